The highest BCUT2D eigenvalue weighted by Crippen LogP contribution is 2.26. The molecule has 3 aromatic rings. The molecule has 0 fully saturated rings. The third-order valence-electron chi connectivity index (χ3n) is 3.50. The fourth-order valence-corrected chi connectivity index (χ4v) is 2.81. The van der Waals surface area contributed by atoms with Crippen LogP contribution in [-0.2, 0) is 0 Å². The zero-order valence-corrected chi connectivity index (χ0v) is 14.3. The van der Waals surface area contributed by atoms with Crippen molar-refractivity contribution in [2.75, 3.05) is 5.43 Å². The lowest BCUT2D eigenvalue weighted by molar-refractivity contribution is -0.385. The van der Waals surface area contributed by atoms with Gasteiger partial charge in [-0.05, 0) is 24.3 Å². The number of hydrazine groups is 1. The number of rotatable bonds is 6. The van der Waals surface area contributed by atoms with Gasteiger partial charge in [-0.2, -0.15) is 0 Å². The molecule has 1 heterocycles. The minimum Gasteiger partial charge on any atom is -0.273 e. The van der Waals surface area contributed by atoms with Crippen LogP contribution in [0.4, 0.5) is 16.5 Å². The Labute approximate surface area is 155 Å². The number of carbonyl (C=O) groups excluding carboxylic acids is 1. The fourth-order valence-electron chi connectivity index (χ4n) is 2.13. The van der Waals surface area contributed by atoms with Gasteiger partial charge in [0.25, 0.3) is 17.3 Å². The van der Waals surface area contributed by atoms with Crippen LogP contribution in [0.25, 0.3) is 11.3 Å². The van der Waals surface area contributed by atoms with Gasteiger partial charge in [-0.1, -0.05) is 0 Å². The molecule has 0 aliphatic heterocycles. The second-order valence-electron chi connectivity index (χ2n) is 5.22. The molecule has 11 heteroatoms. The number of nitro groups is 2. The Morgan fingerprint density at radius 3 is 2.04 bits per heavy atom. The minimum atomic E-state index is -0.546. The average Bonchev–Trinajstić information content (AvgIpc) is 3.15. The number of amides is 1. The first-order chi connectivity index (χ1) is 12.9. The molecule has 2 N–H and O–H groups in total. The molecule has 0 unspecified atom stereocenters. The van der Waals surface area contributed by atoms with E-state index in [-0.39, 0.29) is 16.9 Å². The summed E-state index contributed by atoms with van der Waals surface area (Å²) >= 11 is 1.24. The quantitative estimate of drug-likeness (QED) is 0.489. The topological polar surface area (TPSA) is 140 Å². The van der Waals surface area contributed by atoms with Crippen molar-refractivity contribution in [1.29, 1.82) is 0 Å². The number of hydrogen-bond acceptors (Lipinski definition) is 8. The van der Waals surface area contributed by atoms with Gasteiger partial charge in [-0.15, -0.1) is 11.3 Å². The molecule has 0 spiro atoms. The second-order valence-corrected chi connectivity index (χ2v) is 6.08. The van der Waals surface area contributed by atoms with E-state index in [1.807, 2.05) is 0 Å². The smallest absolute Gasteiger partial charge is 0.269 e. The van der Waals surface area contributed by atoms with Crippen LogP contribution in [-0.4, -0.2) is 20.7 Å². The summed E-state index contributed by atoms with van der Waals surface area (Å²) < 4.78 is 0. The van der Waals surface area contributed by atoms with E-state index in [0.717, 1.165) is 0 Å². The maximum Gasteiger partial charge on any atom is 0.269 e. The molecule has 1 amide bonds. The lowest BCUT2D eigenvalue weighted by Gasteiger charge is -2.05. The largest absolute Gasteiger partial charge is 0.273 e. The molecule has 3 rings (SSSR count). The number of nitrogens with zero attached hydrogens (tertiary/aromatic N) is 3. The number of aromatic nitrogens is 1. The second kappa shape index (κ2) is 7.58. The maximum atomic E-state index is 12.0. The van der Waals surface area contributed by atoms with Crippen molar-refractivity contribution in [3.63, 3.8) is 0 Å². The van der Waals surface area contributed by atoms with Crippen LogP contribution in [0.5, 0.6) is 0 Å². The van der Waals surface area contributed by atoms with Gasteiger partial charge >= 0.3 is 0 Å². The van der Waals surface area contributed by atoms with Crippen molar-refractivity contribution in [1.82, 2.24) is 10.4 Å². The standard InChI is InChI=1S/C16H11N5O5S/c22-15(11-3-7-13(8-4-11)21(25)26)18-19-16-17-14(9-27-16)10-1-5-12(6-2-10)20(23)24/h1-9H,(H,17,19)(H,18,22). The van der Waals surface area contributed by atoms with Crippen LogP contribution in [0.15, 0.2) is 53.9 Å². The Balaban J connectivity index is 1.62. The van der Waals surface area contributed by atoms with E-state index >= 15 is 0 Å². The zero-order chi connectivity index (χ0) is 19.4. The van der Waals surface area contributed by atoms with Gasteiger partial charge in [0.1, 0.15) is 0 Å². The highest BCUT2D eigenvalue weighted by atomic mass is 32.1. The van der Waals surface area contributed by atoms with E-state index in [9.17, 15) is 25.0 Å². The summed E-state index contributed by atoms with van der Waals surface area (Å²) in [6.07, 6.45) is 0. The molecule has 2 aromatic carbocycles. The van der Waals surface area contributed by atoms with Gasteiger partial charge in [-0.3, -0.25) is 35.9 Å². The van der Waals surface area contributed by atoms with Crippen molar-refractivity contribution in [2.24, 2.45) is 0 Å². The first-order valence-electron chi connectivity index (χ1n) is 7.45. The molecule has 0 atom stereocenters. The molecular weight excluding hydrogens is 374 g/mol. The normalized spacial score (nSPS) is 10.2. The first-order valence-corrected chi connectivity index (χ1v) is 8.33. The van der Waals surface area contributed by atoms with Crippen molar-refractivity contribution >= 4 is 33.8 Å². The fraction of sp³-hybridized carbons (Fsp3) is 0. The highest BCUT2D eigenvalue weighted by Gasteiger charge is 2.11. The highest BCUT2D eigenvalue weighted by molar-refractivity contribution is 7.14. The van der Waals surface area contributed by atoms with Gasteiger partial charge in [-0.25, -0.2) is 4.98 Å². The predicted octanol–water partition coefficient (Wildman–Crippen LogP) is 3.38. The Kier molecular flexibility index (Phi) is 5.04. The molecule has 0 radical (unpaired) electrons. The Morgan fingerprint density at radius 1 is 0.926 bits per heavy atom. The van der Waals surface area contributed by atoms with Crippen LogP contribution < -0.4 is 10.9 Å². The number of carbonyl (C=O) groups is 1. The van der Waals surface area contributed by atoms with Crippen LogP contribution in [0.3, 0.4) is 0 Å². The molecule has 10 nitrogen and oxygen atoms in total. The summed E-state index contributed by atoms with van der Waals surface area (Å²) in [6.45, 7) is 0. The SMILES string of the molecule is O=C(NNc1nc(-c2ccc([N+](=O)[O-])cc2)cs1)c1ccc([N+](=O)[O-])cc1. The Bertz CT molecular complexity index is 1000. The molecule has 0 saturated heterocycles. The monoisotopic (exact) mass is 385 g/mol. The molecule has 0 aliphatic carbocycles. The summed E-state index contributed by atoms with van der Waals surface area (Å²) in [7, 11) is 0. The molecule has 0 saturated carbocycles. The molecule has 0 aliphatic rings. The average molecular weight is 385 g/mol. The Morgan fingerprint density at radius 2 is 1.48 bits per heavy atom. The van der Waals surface area contributed by atoms with E-state index in [2.05, 4.69) is 15.8 Å². The van der Waals surface area contributed by atoms with Crippen LogP contribution in [0.1, 0.15) is 10.4 Å². The summed E-state index contributed by atoms with van der Waals surface area (Å²) in [4.78, 5) is 36.6. The number of nitrogens with one attached hydrogen (secondary N) is 2. The molecular formula is C16H11N5O5S. The summed E-state index contributed by atoms with van der Waals surface area (Å²) in [6, 6.07) is 11.1. The van der Waals surface area contributed by atoms with Crippen LogP contribution in [0.2, 0.25) is 0 Å². The number of anilines is 1. The molecule has 0 bridgehead atoms. The summed E-state index contributed by atoms with van der Waals surface area (Å²) in [5, 5.41) is 23.4. The lowest BCUT2D eigenvalue weighted by atomic mass is 10.1. The predicted molar refractivity (Wildman–Crippen MR) is 98.4 cm³/mol. The van der Waals surface area contributed by atoms with E-state index < -0.39 is 15.8 Å². The van der Waals surface area contributed by atoms with Crippen LogP contribution >= 0.6 is 11.3 Å². The zero-order valence-electron chi connectivity index (χ0n) is 13.5. The molecule has 1 aromatic heterocycles. The number of thiazole rings is 1. The van der Waals surface area contributed by atoms with Gasteiger partial charge in [0.15, 0.2) is 0 Å². The molecule has 136 valence electrons. The van der Waals surface area contributed by atoms with Crippen molar-refractivity contribution in [3.8, 4) is 11.3 Å². The van der Waals surface area contributed by atoms with Gasteiger partial charge in [0.2, 0.25) is 5.13 Å². The van der Waals surface area contributed by atoms with Crippen molar-refractivity contribution in [3.05, 3.63) is 79.7 Å². The molecule has 27 heavy (non-hydrogen) atoms. The number of non-ortho nitro benzene ring substituents is 2. The van der Waals surface area contributed by atoms with E-state index in [1.165, 1.54) is 47.7 Å². The van der Waals surface area contributed by atoms with Crippen molar-refractivity contribution in [2.45, 2.75) is 0 Å². The third kappa shape index (κ3) is 4.22. The number of hydrogen-bond donors (Lipinski definition) is 2. The van der Waals surface area contributed by atoms with E-state index in [4.69, 9.17) is 0 Å². The van der Waals surface area contributed by atoms with Gasteiger partial charge < -0.3 is 0 Å². The lowest BCUT2D eigenvalue weighted by Crippen LogP contribution is -2.29. The maximum absolute atomic E-state index is 12.0. The summed E-state index contributed by atoms with van der Waals surface area (Å²) in [5.74, 6) is -0.475. The Hall–Kier alpha value is -3.86. The van der Waals surface area contributed by atoms with Gasteiger partial charge in [0.05, 0.1) is 15.5 Å². The minimum absolute atomic E-state index is 0.0114. The third-order valence-corrected chi connectivity index (χ3v) is 4.26. The van der Waals surface area contributed by atoms with E-state index in [0.29, 0.717) is 16.4 Å². The summed E-state index contributed by atoms with van der Waals surface area (Å²) in [5.41, 5.74) is 6.55. The van der Waals surface area contributed by atoms with Gasteiger partial charge in [0, 0.05) is 40.8 Å². The van der Waals surface area contributed by atoms with Crippen molar-refractivity contribution < 1.29 is 14.6 Å². The van der Waals surface area contributed by atoms with Crippen LogP contribution in [0, 0.1) is 20.2 Å². The number of nitro benzene ring substituents is 2. The number of benzene rings is 2. The first kappa shape index (κ1) is 17.9. The van der Waals surface area contributed by atoms with E-state index in [1.54, 1.807) is 17.5 Å².